The Morgan fingerprint density at radius 2 is 1.80 bits per heavy atom. The highest BCUT2D eigenvalue weighted by atomic mass is 16.5. The summed E-state index contributed by atoms with van der Waals surface area (Å²) < 4.78 is 5.18. The summed E-state index contributed by atoms with van der Waals surface area (Å²) in [6.07, 6.45) is 3.01. The molecule has 0 atom stereocenters. The van der Waals surface area contributed by atoms with E-state index in [-0.39, 0.29) is 6.54 Å². The Morgan fingerprint density at radius 1 is 1.10 bits per heavy atom. The van der Waals surface area contributed by atoms with Gasteiger partial charge in [0.1, 0.15) is 5.75 Å². The van der Waals surface area contributed by atoms with Crippen LogP contribution in [0.1, 0.15) is 31.7 Å². The number of para-hydroxylation sites is 1. The Morgan fingerprint density at radius 3 is 2.50 bits per heavy atom. The minimum Gasteiger partial charge on any atom is -0.496 e. The smallest absolute Gasteiger partial charge is 0.309 e. The molecule has 0 aliphatic rings. The third-order valence-corrected chi connectivity index (χ3v) is 2.90. The summed E-state index contributed by atoms with van der Waals surface area (Å²) in [5.74, 6) is -0.514. The molecule has 0 aliphatic carbocycles. The highest BCUT2D eigenvalue weighted by Gasteiger charge is 2.12. The quantitative estimate of drug-likeness (QED) is 0.588. The summed E-state index contributed by atoms with van der Waals surface area (Å²) >= 11 is 0. The number of carbonyl (C=O) groups excluding carboxylic acids is 2. The molecule has 0 bridgehead atoms. The lowest BCUT2D eigenvalue weighted by atomic mass is 10.2. The van der Waals surface area contributed by atoms with Crippen LogP contribution in [0.2, 0.25) is 0 Å². The van der Waals surface area contributed by atoms with Gasteiger partial charge in [0, 0.05) is 18.7 Å². The molecular weight excluding hydrogens is 256 g/mol. The first-order valence-electron chi connectivity index (χ1n) is 6.87. The Balaban J connectivity index is 2.37. The first-order chi connectivity index (χ1) is 9.69. The van der Waals surface area contributed by atoms with Crippen molar-refractivity contribution in [2.24, 2.45) is 0 Å². The molecule has 0 unspecified atom stereocenters. The van der Waals surface area contributed by atoms with Crippen molar-refractivity contribution in [3.63, 3.8) is 0 Å². The monoisotopic (exact) mass is 278 g/mol. The van der Waals surface area contributed by atoms with Crippen molar-refractivity contribution in [3.05, 3.63) is 29.8 Å². The van der Waals surface area contributed by atoms with Crippen molar-refractivity contribution in [3.8, 4) is 5.75 Å². The van der Waals surface area contributed by atoms with E-state index in [0.29, 0.717) is 12.3 Å². The number of ether oxygens (including phenoxy) is 1. The highest BCUT2D eigenvalue weighted by Crippen LogP contribution is 2.16. The third kappa shape index (κ3) is 5.30. The van der Waals surface area contributed by atoms with Gasteiger partial charge in [-0.2, -0.15) is 0 Å². The lowest BCUT2D eigenvalue weighted by Crippen LogP contribution is -2.39. The SMILES string of the molecule is CCCCCNC(=O)C(=O)NCc1ccccc1OC. The number of unbranched alkanes of at least 4 members (excludes halogenated alkanes) is 2. The zero-order valence-corrected chi connectivity index (χ0v) is 12.1. The fraction of sp³-hybridized carbons (Fsp3) is 0.467. The summed E-state index contributed by atoms with van der Waals surface area (Å²) in [6.45, 7) is 2.89. The van der Waals surface area contributed by atoms with Crippen molar-refractivity contribution in [1.29, 1.82) is 0 Å². The van der Waals surface area contributed by atoms with Crippen molar-refractivity contribution < 1.29 is 14.3 Å². The van der Waals surface area contributed by atoms with Gasteiger partial charge in [0.25, 0.3) is 0 Å². The molecule has 1 aromatic rings. The summed E-state index contributed by atoms with van der Waals surface area (Å²) in [7, 11) is 1.57. The molecule has 1 aromatic carbocycles. The fourth-order valence-corrected chi connectivity index (χ4v) is 1.76. The first kappa shape index (κ1) is 16.0. The largest absolute Gasteiger partial charge is 0.496 e. The molecule has 0 radical (unpaired) electrons. The molecule has 20 heavy (non-hydrogen) atoms. The molecule has 1 rings (SSSR count). The van der Waals surface area contributed by atoms with Gasteiger partial charge in [-0.25, -0.2) is 0 Å². The lowest BCUT2D eigenvalue weighted by molar-refractivity contribution is -0.139. The van der Waals surface area contributed by atoms with Crippen LogP contribution in [0.4, 0.5) is 0 Å². The lowest BCUT2D eigenvalue weighted by Gasteiger charge is -2.09. The van der Waals surface area contributed by atoms with Gasteiger partial charge in [-0.15, -0.1) is 0 Å². The van der Waals surface area contributed by atoms with Crippen LogP contribution in [0.5, 0.6) is 5.75 Å². The fourth-order valence-electron chi connectivity index (χ4n) is 1.76. The average Bonchev–Trinajstić information content (AvgIpc) is 2.49. The molecule has 0 saturated carbocycles. The normalized spacial score (nSPS) is 9.90. The second-order valence-electron chi connectivity index (χ2n) is 4.46. The van der Waals surface area contributed by atoms with Gasteiger partial charge in [0.05, 0.1) is 7.11 Å². The van der Waals surface area contributed by atoms with Gasteiger partial charge < -0.3 is 15.4 Å². The zero-order chi connectivity index (χ0) is 14.8. The molecule has 5 heteroatoms. The van der Waals surface area contributed by atoms with E-state index in [1.54, 1.807) is 7.11 Å². The molecule has 0 spiro atoms. The van der Waals surface area contributed by atoms with E-state index in [0.717, 1.165) is 24.8 Å². The van der Waals surface area contributed by atoms with Crippen LogP contribution in [0, 0.1) is 0 Å². The molecule has 0 aromatic heterocycles. The zero-order valence-electron chi connectivity index (χ0n) is 12.1. The van der Waals surface area contributed by atoms with Crippen LogP contribution in [0.3, 0.4) is 0 Å². The molecule has 0 heterocycles. The van der Waals surface area contributed by atoms with E-state index in [1.807, 2.05) is 24.3 Å². The molecule has 110 valence electrons. The van der Waals surface area contributed by atoms with E-state index in [9.17, 15) is 9.59 Å². The minimum atomic E-state index is -0.618. The predicted molar refractivity (Wildman–Crippen MR) is 77.4 cm³/mol. The van der Waals surface area contributed by atoms with Crippen molar-refractivity contribution in [2.75, 3.05) is 13.7 Å². The predicted octanol–water partition coefficient (Wildman–Crippen LogP) is 1.62. The van der Waals surface area contributed by atoms with Gasteiger partial charge in [-0.1, -0.05) is 38.0 Å². The number of rotatable bonds is 7. The van der Waals surface area contributed by atoms with E-state index in [2.05, 4.69) is 17.6 Å². The van der Waals surface area contributed by atoms with Crippen LogP contribution in [0.15, 0.2) is 24.3 Å². The summed E-state index contributed by atoms with van der Waals surface area (Å²) in [4.78, 5) is 23.1. The van der Waals surface area contributed by atoms with Gasteiger partial charge in [-0.3, -0.25) is 9.59 Å². The Bertz CT molecular complexity index is 446. The van der Waals surface area contributed by atoms with Gasteiger partial charge in [-0.05, 0) is 12.5 Å². The van der Waals surface area contributed by atoms with Gasteiger partial charge in [0.2, 0.25) is 0 Å². The van der Waals surface area contributed by atoms with Crippen LogP contribution in [-0.2, 0) is 16.1 Å². The van der Waals surface area contributed by atoms with E-state index in [1.165, 1.54) is 0 Å². The number of hydrogen-bond donors (Lipinski definition) is 2. The number of nitrogens with one attached hydrogen (secondary N) is 2. The van der Waals surface area contributed by atoms with Crippen molar-refractivity contribution in [2.45, 2.75) is 32.7 Å². The minimum absolute atomic E-state index is 0.269. The first-order valence-corrected chi connectivity index (χ1v) is 6.87. The third-order valence-electron chi connectivity index (χ3n) is 2.90. The maximum Gasteiger partial charge on any atom is 0.309 e. The summed E-state index contributed by atoms with van der Waals surface area (Å²) in [5.41, 5.74) is 0.835. The Labute approximate surface area is 119 Å². The van der Waals surface area contributed by atoms with Crippen LogP contribution in [0.25, 0.3) is 0 Å². The van der Waals surface area contributed by atoms with Crippen LogP contribution in [-0.4, -0.2) is 25.5 Å². The molecular formula is C15H22N2O3. The van der Waals surface area contributed by atoms with E-state index in [4.69, 9.17) is 4.74 Å². The topological polar surface area (TPSA) is 67.4 Å². The summed E-state index contributed by atoms with van der Waals surface area (Å²) in [6, 6.07) is 7.37. The second kappa shape index (κ2) is 8.96. The molecule has 0 fully saturated rings. The number of methoxy groups -OCH3 is 1. The van der Waals surface area contributed by atoms with Crippen LogP contribution >= 0.6 is 0 Å². The number of carbonyl (C=O) groups is 2. The number of hydrogen-bond acceptors (Lipinski definition) is 3. The molecule has 5 nitrogen and oxygen atoms in total. The molecule has 0 saturated heterocycles. The number of benzene rings is 1. The average molecular weight is 278 g/mol. The summed E-state index contributed by atoms with van der Waals surface area (Å²) in [5, 5.41) is 5.18. The molecule has 0 aliphatic heterocycles. The van der Waals surface area contributed by atoms with Crippen LogP contribution < -0.4 is 15.4 Å². The molecule has 2 amide bonds. The maximum atomic E-state index is 11.6. The van der Waals surface area contributed by atoms with Gasteiger partial charge in [0.15, 0.2) is 0 Å². The Hall–Kier alpha value is -2.04. The molecule has 2 N–H and O–H groups in total. The van der Waals surface area contributed by atoms with Crippen molar-refractivity contribution in [1.82, 2.24) is 10.6 Å². The van der Waals surface area contributed by atoms with Gasteiger partial charge >= 0.3 is 11.8 Å². The van der Waals surface area contributed by atoms with E-state index < -0.39 is 11.8 Å². The maximum absolute atomic E-state index is 11.6. The second-order valence-corrected chi connectivity index (χ2v) is 4.46. The Kier molecular flexibility index (Phi) is 7.17. The van der Waals surface area contributed by atoms with E-state index >= 15 is 0 Å². The number of amides is 2. The van der Waals surface area contributed by atoms with Crippen molar-refractivity contribution >= 4 is 11.8 Å². The standard InChI is InChI=1S/C15H22N2O3/c1-3-4-7-10-16-14(18)15(19)17-11-12-8-5-6-9-13(12)20-2/h5-6,8-9H,3-4,7,10-11H2,1-2H3,(H,16,18)(H,17,19). The highest BCUT2D eigenvalue weighted by molar-refractivity contribution is 6.35.